The van der Waals surface area contributed by atoms with Crippen LogP contribution in [0.1, 0.15) is 30.0 Å². The largest absolute Gasteiger partial charge is 0.356 e. The van der Waals surface area contributed by atoms with Crippen molar-refractivity contribution >= 4 is 16.9 Å². The second-order valence-corrected chi connectivity index (χ2v) is 7.57. The molecule has 1 saturated carbocycles. The summed E-state index contributed by atoms with van der Waals surface area (Å²) >= 11 is 0. The summed E-state index contributed by atoms with van der Waals surface area (Å²) in [6.45, 7) is 1.79. The fourth-order valence-electron chi connectivity index (χ4n) is 4.47. The Morgan fingerprint density at radius 1 is 1.08 bits per heavy atom. The highest BCUT2D eigenvalue weighted by molar-refractivity contribution is 5.86. The van der Waals surface area contributed by atoms with Crippen molar-refractivity contribution in [3.63, 3.8) is 0 Å². The summed E-state index contributed by atoms with van der Waals surface area (Å²) in [7, 11) is 0. The average Bonchev–Trinajstić information content (AvgIpc) is 2.96. The first kappa shape index (κ1) is 14.7. The Hall–Kier alpha value is -2.62. The molecule has 1 aromatic heterocycles. The first-order valence-corrected chi connectivity index (χ1v) is 8.89. The van der Waals surface area contributed by atoms with Gasteiger partial charge in [-0.05, 0) is 36.5 Å². The van der Waals surface area contributed by atoms with E-state index < -0.39 is 0 Å². The van der Waals surface area contributed by atoms with Gasteiger partial charge in [0, 0.05) is 23.9 Å². The van der Waals surface area contributed by atoms with Gasteiger partial charge in [-0.15, -0.1) is 0 Å². The lowest BCUT2D eigenvalue weighted by Gasteiger charge is -2.59. The van der Waals surface area contributed by atoms with Gasteiger partial charge in [-0.3, -0.25) is 4.79 Å². The molecule has 3 aromatic rings. The number of hydrogen-bond acceptors (Lipinski definition) is 3. The molecule has 2 aromatic carbocycles. The van der Waals surface area contributed by atoms with E-state index in [1.165, 1.54) is 18.4 Å². The number of carbonyl (C=O) groups excluding carboxylic acids is 1. The molecule has 1 aliphatic heterocycles. The highest BCUT2D eigenvalue weighted by Gasteiger charge is 2.53. The molecule has 1 spiro atoms. The Bertz CT molecular complexity index is 917. The third kappa shape index (κ3) is 2.44. The lowest BCUT2D eigenvalue weighted by atomic mass is 9.56. The highest BCUT2D eigenvalue weighted by atomic mass is 16.5. The zero-order valence-electron chi connectivity index (χ0n) is 14.0. The van der Waals surface area contributed by atoms with Crippen LogP contribution in [0.3, 0.4) is 0 Å². The van der Waals surface area contributed by atoms with Crippen LogP contribution in [0.5, 0.6) is 0 Å². The number of aromatic nitrogens is 1. The zero-order chi connectivity index (χ0) is 16.9. The summed E-state index contributed by atoms with van der Waals surface area (Å²) in [5.74, 6) is 0.825. The Morgan fingerprint density at radius 2 is 1.80 bits per heavy atom. The van der Waals surface area contributed by atoms with E-state index in [4.69, 9.17) is 4.52 Å². The maximum absolute atomic E-state index is 12.6. The molecule has 1 saturated heterocycles. The first-order chi connectivity index (χ1) is 12.2. The summed E-state index contributed by atoms with van der Waals surface area (Å²) in [5.41, 5.74) is 3.29. The number of nitrogens with zero attached hydrogens (tertiary/aromatic N) is 2. The van der Waals surface area contributed by atoms with E-state index >= 15 is 0 Å². The molecule has 0 unspecified atom stereocenters. The quantitative estimate of drug-likeness (QED) is 0.733. The van der Waals surface area contributed by atoms with Crippen molar-refractivity contribution in [3.8, 4) is 0 Å². The van der Waals surface area contributed by atoms with Gasteiger partial charge in [-0.25, -0.2) is 0 Å². The molecule has 4 nitrogen and oxygen atoms in total. The second kappa shape index (κ2) is 5.45. The van der Waals surface area contributed by atoms with Crippen molar-refractivity contribution in [3.05, 3.63) is 65.9 Å². The van der Waals surface area contributed by atoms with Crippen molar-refractivity contribution < 1.29 is 9.32 Å². The van der Waals surface area contributed by atoms with Gasteiger partial charge in [0.25, 0.3) is 0 Å². The normalized spacial score (nSPS) is 19.0. The Balaban J connectivity index is 1.19. The molecule has 0 bridgehead atoms. The maximum atomic E-state index is 12.6. The van der Waals surface area contributed by atoms with Crippen LogP contribution in [0.4, 0.5) is 0 Å². The van der Waals surface area contributed by atoms with E-state index in [1.807, 2.05) is 29.2 Å². The molecule has 0 atom stereocenters. The Labute approximate surface area is 146 Å². The minimum atomic E-state index is 0.160. The molecule has 126 valence electrons. The number of amides is 1. The van der Waals surface area contributed by atoms with E-state index in [0.29, 0.717) is 17.8 Å². The van der Waals surface area contributed by atoms with Gasteiger partial charge in [0.05, 0.1) is 6.42 Å². The molecule has 1 amide bonds. The number of para-hydroxylation sites is 1. The van der Waals surface area contributed by atoms with Crippen LogP contribution in [0, 0.1) is 5.41 Å². The van der Waals surface area contributed by atoms with Gasteiger partial charge in [-0.2, -0.15) is 0 Å². The fourth-order valence-corrected chi connectivity index (χ4v) is 4.47. The Kier molecular flexibility index (Phi) is 3.20. The van der Waals surface area contributed by atoms with Crippen molar-refractivity contribution in [2.24, 2.45) is 5.41 Å². The van der Waals surface area contributed by atoms with Crippen LogP contribution < -0.4 is 0 Å². The van der Waals surface area contributed by atoms with Crippen molar-refractivity contribution in [2.45, 2.75) is 25.2 Å². The van der Waals surface area contributed by atoms with Crippen molar-refractivity contribution in [1.82, 2.24) is 10.1 Å². The fraction of sp³-hybridized carbons (Fsp3) is 0.333. The average molecular weight is 332 g/mol. The molecule has 0 radical (unpaired) electrons. The highest BCUT2D eigenvalue weighted by Crippen LogP contribution is 2.56. The van der Waals surface area contributed by atoms with Crippen LogP contribution in [0.2, 0.25) is 0 Å². The van der Waals surface area contributed by atoms with Gasteiger partial charge >= 0.3 is 0 Å². The lowest BCUT2D eigenvalue weighted by molar-refractivity contribution is -0.150. The number of fused-ring (bicyclic) bond motifs is 1. The predicted molar refractivity (Wildman–Crippen MR) is 95.1 cm³/mol. The smallest absolute Gasteiger partial charge is 0.228 e. The summed E-state index contributed by atoms with van der Waals surface area (Å²) in [5, 5.41) is 5.02. The van der Waals surface area contributed by atoms with Crippen LogP contribution in [0.15, 0.2) is 59.1 Å². The molecule has 5 rings (SSSR count). The lowest BCUT2D eigenvalue weighted by Crippen LogP contribution is -2.63. The van der Waals surface area contributed by atoms with Gasteiger partial charge < -0.3 is 9.42 Å². The first-order valence-electron chi connectivity index (χ1n) is 8.89. The molecule has 1 aliphatic carbocycles. The maximum Gasteiger partial charge on any atom is 0.228 e. The molecular weight excluding hydrogens is 312 g/mol. The second-order valence-electron chi connectivity index (χ2n) is 7.57. The number of benzene rings is 2. The SMILES string of the molecule is O=C(Cc1noc2ccccc12)N1CC2(CC(c3ccccc3)C2)C1. The summed E-state index contributed by atoms with van der Waals surface area (Å²) in [4.78, 5) is 14.5. The van der Waals surface area contributed by atoms with Crippen LogP contribution >= 0.6 is 0 Å². The number of carbonyl (C=O) groups is 1. The van der Waals surface area contributed by atoms with Crippen LogP contribution in [-0.4, -0.2) is 29.1 Å². The van der Waals surface area contributed by atoms with E-state index in [2.05, 4.69) is 35.5 Å². The standard InChI is InChI=1S/C21H20N2O2/c24-20(10-18-17-8-4-5-9-19(17)25-22-18)23-13-21(14-23)11-16(12-21)15-6-2-1-3-7-15/h1-9,16H,10-14H2. The van der Waals surface area contributed by atoms with Gasteiger partial charge in [0.1, 0.15) is 5.69 Å². The zero-order valence-corrected chi connectivity index (χ0v) is 14.0. The third-order valence-corrected chi connectivity index (χ3v) is 5.81. The van der Waals surface area contributed by atoms with E-state index in [0.717, 1.165) is 29.8 Å². The number of rotatable bonds is 3. The molecule has 2 aliphatic rings. The molecule has 0 N–H and O–H groups in total. The predicted octanol–water partition coefficient (Wildman–Crippen LogP) is 3.78. The minimum absolute atomic E-state index is 0.160. The van der Waals surface area contributed by atoms with Crippen molar-refractivity contribution in [2.75, 3.05) is 13.1 Å². The summed E-state index contributed by atoms with van der Waals surface area (Å²) < 4.78 is 5.30. The van der Waals surface area contributed by atoms with Gasteiger partial charge in [0.2, 0.25) is 5.91 Å². The molecular formula is C21H20N2O2. The van der Waals surface area contributed by atoms with E-state index in [9.17, 15) is 4.79 Å². The third-order valence-electron chi connectivity index (χ3n) is 5.81. The number of hydrogen-bond donors (Lipinski definition) is 0. The monoisotopic (exact) mass is 332 g/mol. The minimum Gasteiger partial charge on any atom is -0.356 e. The molecule has 4 heteroatoms. The van der Waals surface area contributed by atoms with E-state index in [-0.39, 0.29) is 5.91 Å². The molecule has 25 heavy (non-hydrogen) atoms. The topological polar surface area (TPSA) is 46.3 Å². The van der Waals surface area contributed by atoms with E-state index in [1.54, 1.807) is 0 Å². The van der Waals surface area contributed by atoms with Gasteiger partial charge in [0.15, 0.2) is 5.58 Å². The van der Waals surface area contributed by atoms with Crippen LogP contribution in [-0.2, 0) is 11.2 Å². The van der Waals surface area contributed by atoms with Gasteiger partial charge in [-0.1, -0.05) is 47.6 Å². The summed E-state index contributed by atoms with van der Waals surface area (Å²) in [6.07, 6.45) is 2.73. The van der Waals surface area contributed by atoms with Crippen molar-refractivity contribution in [1.29, 1.82) is 0 Å². The summed E-state index contributed by atoms with van der Waals surface area (Å²) in [6, 6.07) is 18.4. The molecule has 2 heterocycles. The Morgan fingerprint density at radius 3 is 2.60 bits per heavy atom. The number of likely N-dealkylation sites (tertiary alicyclic amines) is 1. The molecule has 2 fully saturated rings. The van der Waals surface area contributed by atoms with Crippen LogP contribution in [0.25, 0.3) is 11.0 Å².